The van der Waals surface area contributed by atoms with E-state index in [1.807, 2.05) is 25.2 Å². The van der Waals surface area contributed by atoms with Gasteiger partial charge in [-0.1, -0.05) is 17.7 Å². The minimum Gasteiger partial charge on any atom is -0.339 e. The summed E-state index contributed by atoms with van der Waals surface area (Å²) in [5, 5.41) is 21.2. The quantitative estimate of drug-likeness (QED) is 0.550. The number of nitrogens with zero attached hydrogens (tertiary/aromatic N) is 5. The molecule has 2 aromatic heterocycles. The summed E-state index contributed by atoms with van der Waals surface area (Å²) in [6.07, 6.45) is 1.72. The van der Waals surface area contributed by atoms with Crippen LogP contribution < -0.4 is 10.6 Å². The summed E-state index contributed by atoms with van der Waals surface area (Å²) >= 11 is 5.95. The van der Waals surface area contributed by atoms with Crippen molar-refractivity contribution < 1.29 is 0 Å². The highest BCUT2D eigenvalue weighted by Crippen LogP contribution is 2.26. The van der Waals surface area contributed by atoms with Gasteiger partial charge in [0.1, 0.15) is 5.82 Å². The molecule has 4 aromatic rings. The number of halogens is 1. The van der Waals surface area contributed by atoms with Gasteiger partial charge in [0.05, 0.1) is 23.2 Å². The number of aryl methyl sites for hydroxylation is 1. The minimum absolute atomic E-state index is 0.401. The molecule has 4 rings (SSSR count). The number of hydrogen-bond donors (Lipinski definition) is 2. The zero-order valence-electron chi connectivity index (χ0n) is 14.3. The van der Waals surface area contributed by atoms with Crippen molar-refractivity contribution >= 4 is 45.8 Å². The molecular formula is C19H14ClN7. The van der Waals surface area contributed by atoms with E-state index in [4.69, 9.17) is 16.9 Å². The summed E-state index contributed by atoms with van der Waals surface area (Å²) < 4.78 is 1.68. The molecule has 0 saturated heterocycles. The smallest absolute Gasteiger partial charge is 0.231 e. The van der Waals surface area contributed by atoms with Gasteiger partial charge in [-0.15, -0.1) is 0 Å². The van der Waals surface area contributed by atoms with Crippen molar-refractivity contribution in [3.8, 4) is 6.07 Å². The summed E-state index contributed by atoms with van der Waals surface area (Å²) in [4.78, 5) is 9.12. The Bertz CT molecular complexity index is 1160. The highest BCUT2D eigenvalue weighted by Gasteiger charge is 2.12. The second kappa shape index (κ2) is 6.94. The van der Waals surface area contributed by atoms with Crippen LogP contribution in [0.25, 0.3) is 11.0 Å². The topological polar surface area (TPSA) is 91.5 Å². The van der Waals surface area contributed by atoms with Gasteiger partial charge in [0.15, 0.2) is 5.65 Å². The third kappa shape index (κ3) is 3.52. The number of benzene rings is 2. The fraction of sp³-hybridized carbons (Fsp3) is 0.0526. The third-order valence-electron chi connectivity index (χ3n) is 3.95. The van der Waals surface area contributed by atoms with Crippen LogP contribution in [0.2, 0.25) is 5.02 Å². The third-order valence-corrected chi connectivity index (χ3v) is 4.20. The number of nitriles is 1. The summed E-state index contributed by atoms with van der Waals surface area (Å²) in [6.45, 7) is 0. The first kappa shape index (κ1) is 16.8. The Morgan fingerprint density at radius 1 is 1.04 bits per heavy atom. The van der Waals surface area contributed by atoms with Crippen LogP contribution in [0.3, 0.4) is 0 Å². The van der Waals surface area contributed by atoms with E-state index < -0.39 is 0 Å². The molecule has 0 aliphatic rings. The van der Waals surface area contributed by atoms with Crippen molar-refractivity contribution in [1.29, 1.82) is 5.26 Å². The Kier molecular flexibility index (Phi) is 4.32. The molecule has 0 aliphatic carbocycles. The average molecular weight is 376 g/mol. The Morgan fingerprint density at radius 2 is 1.85 bits per heavy atom. The number of aromatic nitrogens is 4. The van der Waals surface area contributed by atoms with Crippen LogP contribution in [0.15, 0.2) is 54.7 Å². The van der Waals surface area contributed by atoms with Gasteiger partial charge in [0, 0.05) is 23.4 Å². The maximum Gasteiger partial charge on any atom is 0.231 e. The van der Waals surface area contributed by atoms with Crippen LogP contribution in [-0.2, 0) is 7.05 Å². The molecule has 0 bridgehead atoms. The molecule has 8 heteroatoms. The molecule has 27 heavy (non-hydrogen) atoms. The largest absolute Gasteiger partial charge is 0.339 e. The molecule has 0 aliphatic heterocycles. The number of hydrogen-bond acceptors (Lipinski definition) is 6. The predicted octanol–water partition coefficient (Wildman–Crippen LogP) is 4.38. The highest BCUT2D eigenvalue weighted by atomic mass is 35.5. The molecule has 2 aromatic carbocycles. The molecule has 0 atom stereocenters. The van der Waals surface area contributed by atoms with Crippen LogP contribution in [0.4, 0.5) is 23.1 Å². The molecule has 0 unspecified atom stereocenters. The summed E-state index contributed by atoms with van der Waals surface area (Å²) in [5.41, 5.74) is 2.82. The van der Waals surface area contributed by atoms with Gasteiger partial charge in [0.2, 0.25) is 5.95 Å². The van der Waals surface area contributed by atoms with E-state index in [0.717, 1.165) is 16.8 Å². The standard InChI is InChI=1S/C19H14ClN7/c1-27-18-16(11-22-27)17(23-14-7-5-13(20)6-8-14)25-19(26-18)24-15-4-2-3-12(9-15)10-21/h2-9,11H,1H3,(H2,23,24,25,26). The number of anilines is 4. The molecule has 0 radical (unpaired) electrons. The van der Waals surface area contributed by atoms with Gasteiger partial charge in [-0.05, 0) is 42.5 Å². The van der Waals surface area contributed by atoms with E-state index in [1.54, 1.807) is 41.2 Å². The van der Waals surface area contributed by atoms with E-state index >= 15 is 0 Å². The zero-order chi connectivity index (χ0) is 18.8. The van der Waals surface area contributed by atoms with Crippen molar-refractivity contribution in [3.63, 3.8) is 0 Å². The molecule has 0 saturated carbocycles. The minimum atomic E-state index is 0.401. The molecule has 0 fully saturated rings. The van der Waals surface area contributed by atoms with Crippen LogP contribution in [-0.4, -0.2) is 19.7 Å². The SMILES string of the molecule is Cn1ncc2c(Nc3ccc(Cl)cc3)nc(Nc3cccc(C#N)c3)nc21. The highest BCUT2D eigenvalue weighted by molar-refractivity contribution is 6.30. The van der Waals surface area contributed by atoms with Crippen molar-refractivity contribution in [2.24, 2.45) is 7.05 Å². The maximum absolute atomic E-state index is 9.07. The van der Waals surface area contributed by atoms with Crippen LogP contribution in [0.5, 0.6) is 0 Å². The number of fused-ring (bicyclic) bond motifs is 1. The van der Waals surface area contributed by atoms with Gasteiger partial charge in [-0.3, -0.25) is 4.68 Å². The lowest BCUT2D eigenvalue weighted by atomic mass is 10.2. The maximum atomic E-state index is 9.07. The van der Waals surface area contributed by atoms with Crippen molar-refractivity contribution in [2.75, 3.05) is 10.6 Å². The number of nitrogens with one attached hydrogen (secondary N) is 2. The normalized spacial score (nSPS) is 10.6. The monoisotopic (exact) mass is 375 g/mol. The van der Waals surface area contributed by atoms with Crippen LogP contribution >= 0.6 is 11.6 Å². The van der Waals surface area contributed by atoms with E-state index in [2.05, 4.69) is 31.8 Å². The fourth-order valence-electron chi connectivity index (χ4n) is 2.64. The lowest BCUT2D eigenvalue weighted by Gasteiger charge is -2.10. The van der Waals surface area contributed by atoms with Crippen molar-refractivity contribution in [2.45, 2.75) is 0 Å². The van der Waals surface area contributed by atoms with Gasteiger partial charge < -0.3 is 10.6 Å². The van der Waals surface area contributed by atoms with Crippen molar-refractivity contribution in [1.82, 2.24) is 19.7 Å². The second-order valence-electron chi connectivity index (χ2n) is 5.85. The Hall–Kier alpha value is -3.63. The Labute approximate surface area is 160 Å². The molecular weight excluding hydrogens is 362 g/mol. The summed E-state index contributed by atoms with van der Waals surface area (Å²) in [5.74, 6) is 1.02. The predicted molar refractivity (Wildman–Crippen MR) is 105 cm³/mol. The Morgan fingerprint density at radius 3 is 2.63 bits per heavy atom. The molecule has 0 amide bonds. The first-order valence-corrected chi connectivity index (χ1v) is 8.50. The summed E-state index contributed by atoms with van der Waals surface area (Å²) in [6, 6.07) is 16.6. The van der Waals surface area contributed by atoms with E-state index in [1.165, 1.54) is 0 Å². The Balaban J connectivity index is 1.74. The van der Waals surface area contributed by atoms with E-state index in [0.29, 0.717) is 28.0 Å². The van der Waals surface area contributed by atoms with E-state index in [9.17, 15) is 0 Å². The number of rotatable bonds is 4. The molecule has 2 N–H and O–H groups in total. The lowest BCUT2D eigenvalue weighted by Crippen LogP contribution is -2.03. The van der Waals surface area contributed by atoms with Gasteiger partial charge in [-0.25, -0.2) is 0 Å². The van der Waals surface area contributed by atoms with E-state index in [-0.39, 0.29) is 0 Å². The van der Waals surface area contributed by atoms with Crippen LogP contribution in [0.1, 0.15) is 5.56 Å². The lowest BCUT2D eigenvalue weighted by molar-refractivity contribution is 0.786. The zero-order valence-corrected chi connectivity index (χ0v) is 15.1. The molecule has 132 valence electrons. The first-order valence-electron chi connectivity index (χ1n) is 8.12. The van der Waals surface area contributed by atoms with Gasteiger partial charge in [-0.2, -0.15) is 20.3 Å². The fourth-order valence-corrected chi connectivity index (χ4v) is 2.76. The first-order chi connectivity index (χ1) is 13.1. The van der Waals surface area contributed by atoms with Gasteiger partial charge in [0.25, 0.3) is 0 Å². The average Bonchev–Trinajstić information content (AvgIpc) is 3.05. The molecule has 7 nitrogen and oxygen atoms in total. The summed E-state index contributed by atoms with van der Waals surface area (Å²) in [7, 11) is 1.82. The molecule has 2 heterocycles. The molecule has 0 spiro atoms. The van der Waals surface area contributed by atoms with Gasteiger partial charge >= 0.3 is 0 Å². The second-order valence-corrected chi connectivity index (χ2v) is 6.29. The van der Waals surface area contributed by atoms with Crippen LogP contribution in [0, 0.1) is 11.3 Å². The van der Waals surface area contributed by atoms with Crippen molar-refractivity contribution in [3.05, 3.63) is 65.3 Å².